The van der Waals surface area contributed by atoms with Crippen LogP contribution in [0.4, 0.5) is 0 Å². The van der Waals surface area contributed by atoms with Crippen LogP contribution in [0.2, 0.25) is 0 Å². The number of likely N-dealkylation sites (N-methyl/N-ethyl adjacent to an activating group) is 1. The molecule has 1 atom stereocenters. The van der Waals surface area contributed by atoms with Crippen molar-refractivity contribution in [1.82, 2.24) is 15.0 Å². The van der Waals surface area contributed by atoms with Gasteiger partial charge in [0.15, 0.2) is 0 Å². The van der Waals surface area contributed by atoms with E-state index in [0.717, 1.165) is 18.5 Å². The largest absolute Gasteiger partial charge is 0.342 e. The van der Waals surface area contributed by atoms with Crippen LogP contribution in [-0.2, 0) is 11.2 Å². The molecule has 1 aliphatic heterocycles. The third-order valence-electron chi connectivity index (χ3n) is 4.03. The maximum absolute atomic E-state index is 11.8. The highest BCUT2D eigenvalue weighted by molar-refractivity contribution is 5.79. The van der Waals surface area contributed by atoms with E-state index in [1.165, 1.54) is 5.56 Å². The van der Waals surface area contributed by atoms with E-state index in [2.05, 4.69) is 23.1 Å². The number of hydrogen-bond donors (Lipinski definition) is 0. The first kappa shape index (κ1) is 13.8. The second kappa shape index (κ2) is 5.68. The third-order valence-corrected chi connectivity index (χ3v) is 4.03. The predicted molar refractivity (Wildman–Crippen MR) is 78.7 cm³/mol. The number of rotatable bonds is 4. The first-order chi connectivity index (χ1) is 10.2. The Kier molecular flexibility index (Phi) is 3.73. The second-order valence-electron chi connectivity index (χ2n) is 5.30. The quantitative estimate of drug-likeness (QED) is 0.866. The number of aryl methyl sites for hydroxylation is 1. The van der Waals surface area contributed by atoms with Crippen LogP contribution in [0.25, 0.3) is 11.4 Å². The second-order valence-corrected chi connectivity index (χ2v) is 5.30. The lowest BCUT2D eigenvalue weighted by Crippen LogP contribution is -2.24. The normalized spacial score (nSPS) is 18.5. The molecular weight excluding hydrogens is 266 g/mol. The number of carbonyl (C=O) groups excluding carboxylic acids is 1. The number of hydrogen-bond acceptors (Lipinski definition) is 4. The summed E-state index contributed by atoms with van der Waals surface area (Å²) in [6.45, 7) is 5.49. The monoisotopic (exact) mass is 285 g/mol. The molecule has 2 aromatic rings. The summed E-state index contributed by atoms with van der Waals surface area (Å²) < 4.78 is 5.40. The first-order valence-corrected chi connectivity index (χ1v) is 7.42. The van der Waals surface area contributed by atoms with Crippen LogP contribution >= 0.6 is 0 Å². The van der Waals surface area contributed by atoms with Gasteiger partial charge in [-0.25, -0.2) is 0 Å². The topological polar surface area (TPSA) is 59.2 Å². The fraction of sp³-hybridized carbons (Fsp3) is 0.438. The lowest BCUT2D eigenvalue weighted by molar-refractivity contribution is -0.127. The average Bonchev–Trinajstić information content (AvgIpc) is 3.13. The predicted octanol–water partition coefficient (Wildman–Crippen LogP) is 2.63. The van der Waals surface area contributed by atoms with Crippen molar-refractivity contribution in [3.05, 3.63) is 35.7 Å². The lowest BCUT2D eigenvalue weighted by atomic mass is 10.0. The zero-order valence-corrected chi connectivity index (χ0v) is 12.4. The number of amides is 1. The Morgan fingerprint density at radius 1 is 1.33 bits per heavy atom. The highest BCUT2D eigenvalue weighted by atomic mass is 16.5. The Bertz CT molecular complexity index is 650. The van der Waals surface area contributed by atoms with Crippen molar-refractivity contribution in [2.75, 3.05) is 13.1 Å². The van der Waals surface area contributed by atoms with Crippen molar-refractivity contribution in [3.63, 3.8) is 0 Å². The van der Waals surface area contributed by atoms with E-state index in [9.17, 15) is 4.79 Å². The van der Waals surface area contributed by atoms with Crippen molar-refractivity contribution >= 4 is 5.91 Å². The van der Waals surface area contributed by atoms with Crippen LogP contribution in [0.1, 0.15) is 37.6 Å². The zero-order chi connectivity index (χ0) is 14.8. The van der Waals surface area contributed by atoms with Crippen molar-refractivity contribution in [3.8, 4) is 11.4 Å². The van der Waals surface area contributed by atoms with Crippen LogP contribution in [0, 0.1) is 0 Å². The maximum atomic E-state index is 11.8. The molecule has 0 saturated carbocycles. The molecule has 2 heterocycles. The van der Waals surface area contributed by atoms with Gasteiger partial charge in [-0.2, -0.15) is 4.98 Å². The van der Waals surface area contributed by atoms with Gasteiger partial charge in [-0.15, -0.1) is 0 Å². The van der Waals surface area contributed by atoms with Crippen molar-refractivity contribution in [2.24, 2.45) is 0 Å². The molecule has 1 saturated heterocycles. The molecule has 0 aliphatic carbocycles. The van der Waals surface area contributed by atoms with Gasteiger partial charge in [-0.05, 0) is 18.9 Å². The number of nitrogens with zero attached hydrogens (tertiary/aromatic N) is 3. The molecule has 1 aromatic carbocycles. The lowest BCUT2D eigenvalue weighted by Gasteiger charge is -2.11. The van der Waals surface area contributed by atoms with Crippen molar-refractivity contribution < 1.29 is 9.32 Å². The van der Waals surface area contributed by atoms with Crippen LogP contribution < -0.4 is 0 Å². The minimum Gasteiger partial charge on any atom is -0.342 e. The summed E-state index contributed by atoms with van der Waals surface area (Å²) in [7, 11) is 0. The molecular formula is C16H19N3O2. The van der Waals surface area contributed by atoms with Crippen LogP contribution in [0.5, 0.6) is 0 Å². The van der Waals surface area contributed by atoms with E-state index in [1.807, 2.05) is 30.0 Å². The molecule has 5 nitrogen and oxygen atoms in total. The summed E-state index contributed by atoms with van der Waals surface area (Å²) in [6, 6.07) is 8.06. The molecule has 0 N–H and O–H groups in total. The molecule has 0 bridgehead atoms. The Morgan fingerprint density at radius 2 is 2.14 bits per heavy atom. The fourth-order valence-electron chi connectivity index (χ4n) is 2.80. The van der Waals surface area contributed by atoms with Crippen LogP contribution in [-0.4, -0.2) is 34.0 Å². The van der Waals surface area contributed by atoms with E-state index in [4.69, 9.17) is 4.52 Å². The number of aromatic nitrogens is 2. The minimum atomic E-state index is 0.0208. The molecule has 0 radical (unpaired) electrons. The SMILES string of the molecule is CCc1ccccc1-c1noc(C2CC(=O)N(CC)C2)n1. The van der Waals surface area contributed by atoms with E-state index < -0.39 is 0 Å². The minimum absolute atomic E-state index is 0.0208. The van der Waals surface area contributed by atoms with Crippen LogP contribution in [0.15, 0.2) is 28.8 Å². The van der Waals surface area contributed by atoms with E-state index >= 15 is 0 Å². The molecule has 5 heteroatoms. The third kappa shape index (κ3) is 2.55. The summed E-state index contributed by atoms with van der Waals surface area (Å²) in [6.07, 6.45) is 1.39. The maximum Gasteiger partial charge on any atom is 0.232 e. The van der Waals surface area contributed by atoms with Crippen molar-refractivity contribution in [1.29, 1.82) is 0 Å². The van der Waals surface area contributed by atoms with E-state index in [0.29, 0.717) is 24.7 Å². The molecule has 1 unspecified atom stereocenters. The van der Waals surface area contributed by atoms with Gasteiger partial charge in [-0.3, -0.25) is 4.79 Å². The molecule has 1 aromatic heterocycles. The molecule has 21 heavy (non-hydrogen) atoms. The zero-order valence-electron chi connectivity index (χ0n) is 12.4. The average molecular weight is 285 g/mol. The molecule has 110 valence electrons. The van der Waals surface area contributed by atoms with Gasteiger partial charge in [-0.1, -0.05) is 36.3 Å². The number of carbonyl (C=O) groups is 1. The summed E-state index contributed by atoms with van der Waals surface area (Å²) in [5.41, 5.74) is 2.20. The summed E-state index contributed by atoms with van der Waals surface area (Å²) in [5, 5.41) is 4.10. The van der Waals surface area contributed by atoms with Crippen LogP contribution in [0.3, 0.4) is 0 Å². The van der Waals surface area contributed by atoms with Gasteiger partial charge in [0.2, 0.25) is 17.6 Å². The van der Waals surface area contributed by atoms with Gasteiger partial charge in [0.25, 0.3) is 0 Å². The molecule has 0 spiro atoms. The summed E-state index contributed by atoms with van der Waals surface area (Å²) in [4.78, 5) is 18.1. The summed E-state index contributed by atoms with van der Waals surface area (Å²) >= 11 is 0. The fourth-order valence-corrected chi connectivity index (χ4v) is 2.80. The van der Waals surface area contributed by atoms with Crippen molar-refractivity contribution in [2.45, 2.75) is 32.6 Å². The summed E-state index contributed by atoms with van der Waals surface area (Å²) in [5.74, 6) is 1.37. The van der Waals surface area contributed by atoms with Gasteiger partial charge in [0, 0.05) is 25.1 Å². The molecule has 1 amide bonds. The van der Waals surface area contributed by atoms with E-state index in [-0.39, 0.29) is 11.8 Å². The molecule has 3 rings (SSSR count). The van der Waals surface area contributed by atoms with Gasteiger partial charge >= 0.3 is 0 Å². The molecule has 1 fully saturated rings. The highest BCUT2D eigenvalue weighted by Gasteiger charge is 2.33. The molecule has 1 aliphatic rings. The Morgan fingerprint density at radius 3 is 2.86 bits per heavy atom. The Labute approximate surface area is 124 Å². The van der Waals surface area contributed by atoms with Gasteiger partial charge in [0.05, 0.1) is 5.92 Å². The van der Waals surface area contributed by atoms with E-state index in [1.54, 1.807) is 0 Å². The number of likely N-dealkylation sites (tertiary alicyclic amines) is 1. The first-order valence-electron chi connectivity index (χ1n) is 7.42. The Hall–Kier alpha value is -2.17. The number of benzene rings is 1. The van der Waals surface area contributed by atoms with Gasteiger partial charge < -0.3 is 9.42 Å². The standard InChI is InChI=1S/C16H19N3O2/c1-3-11-7-5-6-8-13(11)15-17-16(21-18-15)12-9-14(20)19(4-2)10-12/h5-8,12H,3-4,9-10H2,1-2H3. The smallest absolute Gasteiger partial charge is 0.232 e. The Balaban J connectivity index is 1.86. The highest BCUT2D eigenvalue weighted by Crippen LogP contribution is 2.29. The van der Waals surface area contributed by atoms with Gasteiger partial charge in [0.1, 0.15) is 0 Å².